The largest absolute Gasteiger partial charge is 0.493 e. The molecule has 1 heterocycles. The minimum atomic E-state index is -0.864. The van der Waals surface area contributed by atoms with Gasteiger partial charge in [-0.05, 0) is 70.6 Å². The first kappa shape index (κ1) is 22.6. The molecule has 1 saturated heterocycles. The predicted octanol–water partition coefficient (Wildman–Crippen LogP) is 2.48. The van der Waals surface area contributed by atoms with Crippen molar-refractivity contribution in [2.45, 2.75) is 0 Å². The van der Waals surface area contributed by atoms with Gasteiger partial charge in [0, 0.05) is 5.02 Å². The molecule has 1 aliphatic heterocycles. The maximum absolute atomic E-state index is 13.0. The number of primary amides is 1. The molecular formula is C20H15ClIN3O6. The summed E-state index contributed by atoms with van der Waals surface area (Å²) in [5.74, 6) is -1.71. The molecule has 9 nitrogen and oxygen atoms in total. The van der Waals surface area contributed by atoms with E-state index in [-0.39, 0.29) is 23.6 Å². The molecule has 11 heteroatoms. The lowest BCUT2D eigenvalue weighted by Gasteiger charge is -2.26. The molecular weight excluding hydrogens is 541 g/mol. The van der Waals surface area contributed by atoms with Crippen molar-refractivity contribution in [3.8, 4) is 11.5 Å². The van der Waals surface area contributed by atoms with Gasteiger partial charge in [0.15, 0.2) is 18.1 Å². The lowest BCUT2D eigenvalue weighted by molar-refractivity contribution is -0.123. The number of nitrogens with one attached hydrogen (secondary N) is 1. The molecule has 3 rings (SSSR count). The highest BCUT2D eigenvalue weighted by Crippen LogP contribution is 2.35. The third kappa shape index (κ3) is 4.97. The summed E-state index contributed by atoms with van der Waals surface area (Å²) in [6, 6.07) is 8.31. The zero-order chi connectivity index (χ0) is 22.7. The number of imide groups is 2. The highest BCUT2D eigenvalue weighted by atomic mass is 127. The van der Waals surface area contributed by atoms with Crippen LogP contribution in [0.2, 0.25) is 5.02 Å². The van der Waals surface area contributed by atoms with Crippen molar-refractivity contribution >= 4 is 69.7 Å². The van der Waals surface area contributed by atoms with Gasteiger partial charge in [-0.25, -0.2) is 9.69 Å². The van der Waals surface area contributed by atoms with Crippen molar-refractivity contribution in [1.29, 1.82) is 0 Å². The zero-order valence-corrected chi connectivity index (χ0v) is 18.9. The van der Waals surface area contributed by atoms with Gasteiger partial charge in [0.05, 0.1) is 16.4 Å². The van der Waals surface area contributed by atoms with E-state index in [1.54, 1.807) is 6.07 Å². The molecule has 0 radical (unpaired) electrons. The van der Waals surface area contributed by atoms with E-state index in [1.165, 1.54) is 43.5 Å². The number of carbonyl (C=O) groups is 4. The van der Waals surface area contributed by atoms with E-state index >= 15 is 0 Å². The predicted molar refractivity (Wildman–Crippen MR) is 121 cm³/mol. The summed E-state index contributed by atoms with van der Waals surface area (Å²) in [6.45, 7) is -0.341. The second kappa shape index (κ2) is 9.35. The second-order valence-corrected chi connectivity index (χ2v) is 7.82. The number of rotatable bonds is 6. The van der Waals surface area contributed by atoms with Crippen LogP contribution in [0.5, 0.6) is 11.5 Å². The van der Waals surface area contributed by atoms with Crippen LogP contribution in [0.3, 0.4) is 0 Å². The summed E-state index contributed by atoms with van der Waals surface area (Å²) in [4.78, 5) is 49.4. The molecule has 2 aromatic rings. The second-order valence-electron chi connectivity index (χ2n) is 6.22. The van der Waals surface area contributed by atoms with Gasteiger partial charge in [-0.3, -0.25) is 19.7 Å². The summed E-state index contributed by atoms with van der Waals surface area (Å²) in [5.41, 5.74) is 5.56. The normalized spacial score (nSPS) is 15.1. The van der Waals surface area contributed by atoms with Gasteiger partial charge in [0.1, 0.15) is 5.57 Å². The minimum Gasteiger partial charge on any atom is -0.493 e. The fourth-order valence-electron chi connectivity index (χ4n) is 2.76. The molecule has 5 amide bonds. The number of nitrogens with zero attached hydrogens (tertiary/aromatic N) is 1. The van der Waals surface area contributed by atoms with Crippen LogP contribution >= 0.6 is 34.2 Å². The molecule has 0 aliphatic carbocycles. The Kier molecular flexibility index (Phi) is 6.81. The molecule has 3 N–H and O–H groups in total. The Balaban J connectivity index is 1.99. The number of amides is 5. The van der Waals surface area contributed by atoms with Crippen LogP contribution in [0.15, 0.2) is 42.0 Å². The highest BCUT2D eigenvalue weighted by Gasteiger charge is 2.36. The number of nitrogens with two attached hydrogens (primary N) is 1. The van der Waals surface area contributed by atoms with Gasteiger partial charge < -0.3 is 15.2 Å². The molecule has 0 unspecified atom stereocenters. The van der Waals surface area contributed by atoms with E-state index < -0.39 is 23.8 Å². The molecule has 1 fully saturated rings. The molecule has 0 spiro atoms. The first-order chi connectivity index (χ1) is 14.7. The number of hydrogen-bond donors (Lipinski definition) is 2. The van der Waals surface area contributed by atoms with E-state index in [9.17, 15) is 19.2 Å². The van der Waals surface area contributed by atoms with Crippen molar-refractivity contribution in [2.75, 3.05) is 18.6 Å². The van der Waals surface area contributed by atoms with Crippen LogP contribution in [0, 0.1) is 3.57 Å². The molecule has 1 aliphatic rings. The number of barbiturate groups is 1. The van der Waals surface area contributed by atoms with Gasteiger partial charge in [-0.1, -0.05) is 11.6 Å². The number of halogens is 2. The summed E-state index contributed by atoms with van der Waals surface area (Å²) >= 11 is 7.82. The summed E-state index contributed by atoms with van der Waals surface area (Å²) in [5, 5.41) is 2.58. The third-order valence-corrected chi connectivity index (χ3v) is 5.16. The monoisotopic (exact) mass is 555 g/mol. The molecule has 2 aromatic carbocycles. The van der Waals surface area contributed by atoms with Gasteiger partial charge in [-0.2, -0.15) is 0 Å². The van der Waals surface area contributed by atoms with Crippen LogP contribution in [0.4, 0.5) is 10.5 Å². The van der Waals surface area contributed by atoms with E-state index in [1.807, 2.05) is 22.6 Å². The van der Waals surface area contributed by atoms with Crippen molar-refractivity contribution < 1.29 is 28.7 Å². The standard InChI is InChI=1S/C20H15ClIN3O6/c1-30-15-8-10(7-14(22)17(15)31-9-16(23)26)6-13-18(27)24-20(29)25(19(13)28)12-4-2-11(21)3-5-12/h2-8H,9H2,1H3,(H2,23,26)(H,24,27,29)/b13-6+. The van der Waals surface area contributed by atoms with Crippen LogP contribution in [-0.4, -0.2) is 37.5 Å². The Labute approximate surface area is 195 Å². The maximum Gasteiger partial charge on any atom is 0.335 e. The van der Waals surface area contributed by atoms with Gasteiger partial charge >= 0.3 is 6.03 Å². The van der Waals surface area contributed by atoms with E-state index in [0.717, 1.165) is 4.90 Å². The van der Waals surface area contributed by atoms with Crippen molar-refractivity contribution in [3.05, 3.63) is 56.1 Å². The van der Waals surface area contributed by atoms with Crippen LogP contribution in [-0.2, 0) is 14.4 Å². The Morgan fingerprint density at radius 2 is 1.90 bits per heavy atom. The van der Waals surface area contributed by atoms with Gasteiger partial charge in [-0.15, -0.1) is 0 Å². The summed E-state index contributed by atoms with van der Waals surface area (Å²) < 4.78 is 11.2. The molecule has 0 atom stereocenters. The van der Waals surface area contributed by atoms with Gasteiger partial charge in [0.2, 0.25) is 0 Å². The first-order valence-corrected chi connectivity index (χ1v) is 10.1. The van der Waals surface area contributed by atoms with E-state index in [0.29, 0.717) is 19.9 Å². The first-order valence-electron chi connectivity index (χ1n) is 8.67. The maximum atomic E-state index is 13.0. The Hall–Kier alpha value is -3.12. The Bertz CT molecular complexity index is 1120. The average Bonchev–Trinajstić information content (AvgIpc) is 2.71. The zero-order valence-electron chi connectivity index (χ0n) is 16.0. The number of carbonyl (C=O) groups excluding carboxylic acids is 4. The lowest BCUT2D eigenvalue weighted by atomic mass is 10.1. The fraction of sp³-hybridized carbons (Fsp3) is 0.100. The number of anilines is 1. The van der Waals surface area contributed by atoms with Crippen LogP contribution in [0.25, 0.3) is 6.08 Å². The number of hydrogen-bond acceptors (Lipinski definition) is 6. The van der Waals surface area contributed by atoms with E-state index in [4.69, 9.17) is 26.8 Å². The molecule has 160 valence electrons. The SMILES string of the molecule is COc1cc(/C=C2\C(=O)NC(=O)N(c3ccc(Cl)cc3)C2=O)cc(I)c1OCC(N)=O. The number of urea groups is 1. The molecule has 0 bridgehead atoms. The Morgan fingerprint density at radius 3 is 2.52 bits per heavy atom. The third-order valence-electron chi connectivity index (χ3n) is 4.11. The van der Waals surface area contributed by atoms with Crippen molar-refractivity contribution in [1.82, 2.24) is 5.32 Å². The number of benzene rings is 2. The lowest BCUT2D eigenvalue weighted by Crippen LogP contribution is -2.54. The molecule has 0 aromatic heterocycles. The van der Waals surface area contributed by atoms with E-state index in [2.05, 4.69) is 5.32 Å². The smallest absolute Gasteiger partial charge is 0.335 e. The van der Waals surface area contributed by atoms with Crippen molar-refractivity contribution in [3.63, 3.8) is 0 Å². The average molecular weight is 556 g/mol. The minimum absolute atomic E-state index is 0.252. The fourth-order valence-corrected chi connectivity index (χ4v) is 3.66. The van der Waals surface area contributed by atoms with Gasteiger partial charge in [0.25, 0.3) is 17.7 Å². The quantitative estimate of drug-likeness (QED) is 0.320. The molecule has 0 saturated carbocycles. The highest BCUT2D eigenvalue weighted by molar-refractivity contribution is 14.1. The molecule has 31 heavy (non-hydrogen) atoms. The number of ether oxygens (including phenoxy) is 2. The summed E-state index contributed by atoms with van der Waals surface area (Å²) in [7, 11) is 1.40. The van der Waals surface area contributed by atoms with Crippen molar-refractivity contribution in [2.24, 2.45) is 5.73 Å². The summed E-state index contributed by atoms with van der Waals surface area (Å²) in [6.07, 6.45) is 1.33. The number of methoxy groups -OCH3 is 1. The Morgan fingerprint density at radius 1 is 1.23 bits per heavy atom. The topological polar surface area (TPSA) is 128 Å². The van der Waals surface area contributed by atoms with Crippen LogP contribution < -0.4 is 25.4 Å². The van der Waals surface area contributed by atoms with Crippen LogP contribution in [0.1, 0.15) is 5.56 Å².